The Labute approximate surface area is 182 Å². The summed E-state index contributed by atoms with van der Waals surface area (Å²) in [5, 5.41) is 4.74. The molecule has 154 valence electrons. The first-order valence-electron chi connectivity index (χ1n) is 10.4. The molecule has 2 aromatic carbocycles. The Morgan fingerprint density at radius 2 is 1.77 bits per heavy atom. The minimum absolute atomic E-state index is 0.453. The number of nitrogens with zero attached hydrogens (tertiary/aromatic N) is 3. The fourth-order valence-corrected chi connectivity index (χ4v) is 4.39. The average Bonchev–Trinajstić information content (AvgIpc) is 3.23. The summed E-state index contributed by atoms with van der Waals surface area (Å²) in [6.45, 7) is 0. The van der Waals surface area contributed by atoms with Crippen molar-refractivity contribution in [1.82, 2.24) is 15.0 Å². The van der Waals surface area contributed by atoms with Crippen LogP contribution in [-0.2, 0) is 0 Å². The second-order valence-corrected chi connectivity index (χ2v) is 8.45. The van der Waals surface area contributed by atoms with Crippen molar-refractivity contribution in [3.63, 3.8) is 0 Å². The molecule has 1 aromatic heterocycles. The van der Waals surface area contributed by atoms with Crippen molar-refractivity contribution in [3.05, 3.63) is 82.4 Å². The van der Waals surface area contributed by atoms with Gasteiger partial charge in [0, 0.05) is 22.7 Å². The third kappa shape index (κ3) is 4.91. The topological polar surface area (TPSA) is 42.2 Å². The molecule has 30 heavy (non-hydrogen) atoms. The van der Waals surface area contributed by atoms with E-state index in [-0.39, 0.29) is 0 Å². The van der Waals surface area contributed by atoms with Crippen LogP contribution in [0.2, 0.25) is 5.02 Å². The number of halogens is 1. The van der Waals surface area contributed by atoms with Gasteiger partial charge in [-0.15, -0.1) is 5.73 Å². The maximum Gasteiger partial charge on any atom is 0.258 e. The molecule has 0 spiro atoms. The molecule has 0 amide bonds. The van der Waals surface area contributed by atoms with E-state index in [0.717, 1.165) is 31.2 Å². The summed E-state index contributed by atoms with van der Waals surface area (Å²) in [5.74, 6) is 1.68. The largest absolute Gasteiger partial charge is 0.334 e. The molecule has 0 N–H and O–H groups in total. The maximum atomic E-state index is 5.94. The first-order valence-corrected chi connectivity index (χ1v) is 10.7. The zero-order valence-corrected chi connectivity index (χ0v) is 18.1. The van der Waals surface area contributed by atoms with Crippen molar-refractivity contribution in [2.24, 2.45) is 5.92 Å². The number of hydrogen-bond donors (Lipinski definition) is 0. The summed E-state index contributed by atoms with van der Waals surface area (Å²) >= 11 is 5.94. The number of allylic oxidation sites excluding steroid dienone is 1. The Hall–Kier alpha value is -2.65. The second-order valence-electron chi connectivity index (χ2n) is 8.01. The molecule has 1 saturated carbocycles. The monoisotopic (exact) mass is 419 g/mol. The van der Waals surface area contributed by atoms with Gasteiger partial charge in [0.15, 0.2) is 0 Å². The number of rotatable bonds is 5. The van der Waals surface area contributed by atoms with Gasteiger partial charge in [0.1, 0.15) is 0 Å². The molecule has 0 bridgehead atoms. The van der Waals surface area contributed by atoms with E-state index in [4.69, 9.17) is 16.1 Å². The standard InChI is InChI=1S/C25H26ClN3O/c1-29(2)24(19-6-4-3-5-7-19)20-11-8-18(9-12-20)10-17-23-27-25(28-30-23)21-13-15-22(26)16-14-21/h3-7,13-17,20,24H,8-9,11-12H2,1-2H3. The van der Waals surface area contributed by atoms with E-state index in [2.05, 4.69) is 65.2 Å². The summed E-state index contributed by atoms with van der Waals surface area (Å²) in [6, 6.07) is 18.7. The number of aromatic nitrogens is 2. The smallest absolute Gasteiger partial charge is 0.258 e. The van der Waals surface area contributed by atoms with Crippen LogP contribution in [0.1, 0.15) is 43.2 Å². The van der Waals surface area contributed by atoms with Gasteiger partial charge < -0.3 is 9.42 Å². The molecule has 1 atom stereocenters. The minimum atomic E-state index is 0.453. The average molecular weight is 420 g/mol. The Balaban J connectivity index is 1.42. The second kappa shape index (κ2) is 9.44. The van der Waals surface area contributed by atoms with Gasteiger partial charge >= 0.3 is 0 Å². The van der Waals surface area contributed by atoms with Crippen molar-refractivity contribution in [2.75, 3.05) is 14.1 Å². The zero-order valence-electron chi connectivity index (χ0n) is 17.4. The van der Waals surface area contributed by atoms with Crippen molar-refractivity contribution >= 4 is 17.7 Å². The molecule has 1 aliphatic carbocycles. The predicted octanol–water partition coefficient (Wildman–Crippen LogP) is 6.42. The number of hydrogen-bond acceptors (Lipinski definition) is 4. The zero-order chi connectivity index (χ0) is 20.9. The van der Waals surface area contributed by atoms with Gasteiger partial charge in [-0.2, -0.15) is 4.98 Å². The fraction of sp³-hybridized carbons (Fsp3) is 0.320. The van der Waals surface area contributed by atoms with Crippen molar-refractivity contribution in [3.8, 4) is 11.4 Å². The lowest BCUT2D eigenvalue weighted by Crippen LogP contribution is -2.29. The molecule has 4 rings (SSSR count). The van der Waals surface area contributed by atoms with Crippen molar-refractivity contribution in [2.45, 2.75) is 31.7 Å². The van der Waals surface area contributed by atoms with Gasteiger partial charge in [0.05, 0.1) is 0 Å². The molecule has 1 aliphatic rings. The van der Waals surface area contributed by atoms with Gasteiger partial charge in [-0.05, 0) is 81.1 Å². The van der Waals surface area contributed by atoms with E-state index in [9.17, 15) is 0 Å². The Bertz CT molecular complexity index is 1020. The van der Waals surface area contributed by atoms with Crippen LogP contribution in [0.3, 0.4) is 0 Å². The van der Waals surface area contributed by atoms with Gasteiger partial charge in [-0.25, -0.2) is 0 Å². The van der Waals surface area contributed by atoms with Crippen LogP contribution in [0.4, 0.5) is 0 Å². The third-order valence-electron chi connectivity index (χ3n) is 5.72. The Kier molecular flexibility index (Phi) is 6.49. The van der Waals surface area contributed by atoms with Gasteiger partial charge in [0.2, 0.25) is 5.82 Å². The first kappa shape index (κ1) is 20.6. The van der Waals surface area contributed by atoms with Gasteiger partial charge in [-0.3, -0.25) is 0 Å². The van der Waals surface area contributed by atoms with Crippen LogP contribution in [0, 0.1) is 5.92 Å². The summed E-state index contributed by atoms with van der Waals surface area (Å²) in [5.41, 5.74) is 7.00. The summed E-state index contributed by atoms with van der Waals surface area (Å²) in [7, 11) is 4.35. The summed E-state index contributed by atoms with van der Waals surface area (Å²) < 4.78 is 5.36. The Morgan fingerprint density at radius 3 is 2.43 bits per heavy atom. The van der Waals surface area contributed by atoms with Crippen LogP contribution >= 0.6 is 11.6 Å². The van der Waals surface area contributed by atoms with E-state index in [1.807, 2.05) is 30.3 Å². The normalized spacial score (nSPS) is 17.6. The molecule has 0 aliphatic heterocycles. The number of benzene rings is 2. The van der Waals surface area contributed by atoms with Gasteiger partial charge in [-0.1, -0.05) is 47.1 Å². The summed E-state index contributed by atoms with van der Waals surface area (Å²) in [6.07, 6.45) is 6.23. The highest BCUT2D eigenvalue weighted by Gasteiger charge is 2.27. The molecule has 4 nitrogen and oxygen atoms in total. The van der Waals surface area contributed by atoms with E-state index < -0.39 is 0 Å². The molecule has 3 aromatic rings. The highest BCUT2D eigenvalue weighted by molar-refractivity contribution is 6.30. The summed E-state index contributed by atoms with van der Waals surface area (Å²) in [4.78, 5) is 6.79. The van der Waals surface area contributed by atoms with Crippen LogP contribution in [0.25, 0.3) is 17.5 Å². The van der Waals surface area contributed by atoms with E-state index in [1.54, 1.807) is 0 Å². The lowest BCUT2D eigenvalue weighted by Gasteiger charge is -2.35. The Morgan fingerprint density at radius 1 is 1.07 bits per heavy atom. The highest BCUT2D eigenvalue weighted by atomic mass is 35.5. The van der Waals surface area contributed by atoms with Crippen LogP contribution in [0.5, 0.6) is 0 Å². The van der Waals surface area contributed by atoms with Crippen molar-refractivity contribution in [1.29, 1.82) is 0 Å². The lowest BCUT2D eigenvalue weighted by atomic mass is 9.79. The lowest BCUT2D eigenvalue weighted by molar-refractivity contribution is 0.183. The van der Waals surface area contributed by atoms with Gasteiger partial charge in [0.25, 0.3) is 5.89 Å². The minimum Gasteiger partial charge on any atom is -0.334 e. The molecule has 1 heterocycles. The highest BCUT2D eigenvalue weighted by Crippen LogP contribution is 2.38. The van der Waals surface area contributed by atoms with E-state index in [1.165, 1.54) is 11.1 Å². The molecule has 0 radical (unpaired) electrons. The van der Waals surface area contributed by atoms with Crippen LogP contribution in [0.15, 0.2) is 70.4 Å². The molecular weight excluding hydrogens is 394 g/mol. The predicted molar refractivity (Wildman–Crippen MR) is 121 cm³/mol. The molecular formula is C25H26ClN3O. The van der Waals surface area contributed by atoms with E-state index >= 15 is 0 Å². The first-order chi connectivity index (χ1) is 14.6. The SMILES string of the molecule is CN(C)C(c1ccccc1)C1CCC(=C=Cc2nc(-c3ccc(Cl)cc3)no2)CC1. The van der Waals surface area contributed by atoms with E-state index in [0.29, 0.717) is 28.7 Å². The van der Waals surface area contributed by atoms with Crippen LogP contribution < -0.4 is 0 Å². The fourth-order valence-electron chi connectivity index (χ4n) is 4.26. The molecule has 1 fully saturated rings. The van der Waals surface area contributed by atoms with Crippen molar-refractivity contribution < 1.29 is 4.52 Å². The van der Waals surface area contributed by atoms with Crippen LogP contribution in [-0.4, -0.2) is 29.1 Å². The molecule has 1 unspecified atom stereocenters. The third-order valence-corrected chi connectivity index (χ3v) is 5.97. The quantitative estimate of drug-likeness (QED) is 0.447. The maximum absolute atomic E-state index is 5.94. The molecule has 5 heteroatoms. The molecule has 0 saturated heterocycles.